The van der Waals surface area contributed by atoms with Gasteiger partial charge in [0.1, 0.15) is 18.1 Å². The van der Waals surface area contributed by atoms with Gasteiger partial charge in [-0.3, -0.25) is 4.79 Å². The molecule has 0 bridgehead atoms. The number of benzene rings is 3. The van der Waals surface area contributed by atoms with E-state index in [9.17, 15) is 9.59 Å². The lowest BCUT2D eigenvalue weighted by atomic mass is 10.1. The van der Waals surface area contributed by atoms with Gasteiger partial charge in [0.2, 0.25) is 0 Å². The Balaban J connectivity index is 1.43. The fraction of sp³-hybridized carbons (Fsp3) is 0.138. The normalized spacial score (nSPS) is 10.2. The Labute approximate surface area is 209 Å². The number of hydrogen-bond acceptors (Lipinski definition) is 6. The van der Waals surface area contributed by atoms with Crippen molar-refractivity contribution in [2.45, 2.75) is 20.5 Å². The van der Waals surface area contributed by atoms with Gasteiger partial charge >= 0.3 is 5.97 Å². The number of aryl methyl sites for hydroxylation is 2. The minimum Gasteiger partial charge on any atom is -0.489 e. The fourth-order valence-corrected chi connectivity index (χ4v) is 3.45. The predicted octanol–water partition coefficient (Wildman–Crippen LogP) is 5.31. The van der Waals surface area contributed by atoms with E-state index in [0.29, 0.717) is 46.1 Å². The van der Waals surface area contributed by atoms with Crippen LogP contribution in [-0.4, -0.2) is 24.1 Å². The Morgan fingerprint density at radius 3 is 2.33 bits per heavy atom. The van der Waals surface area contributed by atoms with Crippen LogP contribution in [0.5, 0.6) is 5.75 Å². The zero-order valence-corrected chi connectivity index (χ0v) is 20.1. The van der Waals surface area contributed by atoms with E-state index in [4.69, 9.17) is 14.0 Å². The number of carbonyl (C=O) groups excluding carboxylic acids is 2. The van der Waals surface area contributed by atoms with Gasteiger partial charge in [-0.1, -0.05) is 35.2 Å². The zero-order chi connectivity index (χ0) is 25.5. The summed E-state index contributed by atoms with van der Waals surface area (Å²) in [6, 6.07) is 21.1. The molecule has 4 rings (SSSR count). The summed E-state index contributed by atoms with van der Waals surface area (Å²) in [6.45, 7) is 3.99. The molecular formula is C29H24N2O5. The Kier molecular flexibility index (Phi) is 7.47. The van der Waals surface area contributed by atoms with E-state index < -0.39 is 5.97 Å². The number of aromatic nitrogens is 1. The van der Waals surface area contributed by atoms with Gasteiger partial charge in [-0.2, -0.15) is 0 Å². The summed E-state index contributed by atoms with van der Waals surface area (Å²) < 4.78 is 15.8. The predicted molar refractivity (Wildman–Crippen MR) is 135 cm³/mol. The topological polar surface area (TPSA) is 90.7 Å². The maximum absolute atomic E-state index is 12.9. The molecule has 0 unspecified atom stereocenters. The molecule has 180 valence electrons. The minimum atomic E-state index is -0.415. The second-order valence-corrected chi connectivity index (χ2v) is 7.98. The quantitative estimate of drug-likeness (QED) is 0.297. The highest BCUT2D eigenvalue weighted by Crippen LogP contribution is 2.20. The van der Waals surface area contributed by atoms with Crippen molar-refractivity contribution in [2.75, 3.05) is 12.4 Å². The molecule has 0 fully saturated rings. The number of hydrogen-bond donors (Lipinski definition) is 1. The third-order valence-electron chi connectivity index (χ3n) is 5.42. The third kappa shape index (κ3) is 5.99. The lowest BCUT2D eigenvalue weighted by molar-refractivity contribution is 0.0600. The van der Waals surface area contributed by atoms with Gasteiger partial charge in [-0.05, 0) is 68.4 Å². The number of anilines is 1. The average Bonchev–Trinajstić information content (AvgIpc) is 3.23. The summed E-state index contributed by atoms with van der Waals surface area (Å²) in [7, 11) is 1.34. The fourth-order valence-electron chi connectivity index (χ4n) is 3.45. The van der Waals surface area contributed by atoms with Crippen LogP contribution in [0, 0.1) is 25.7 Å². The van der Waals surface area contributed by atoms with E-state index in [1.165, 1.54) is 7.11 Å². The maximum Gasteiger partial charge on any atom is 0.337 e. The van der Waals surface area contributed by atoms with E-state index in [1.807, 2.05) is 32.0 Å². The molecule has 0 saturated heterocycles. The molecule has 0 spiro atoms. The second kappa shape index (κ2) is 11.1. The van der Waals surface area contributed by atoms with Crippen LogP contribution < -0.4 is 10.1 Å². The number of carbonyl (C=O) groups is 2. The van der Waals surface area contributed by atoms with E-state index in [0.717, 1.165) is 11.3 Å². The highest BCUT2D eigenvalue weighted by molar-refractivity contribution is 6.04. The highest BCUT2D eigenvalue weighted by atomic mass is 16.5. The van der Waals surface area contributed by atoms with Crippen molar-refractivity contribution < 1.29 is 23.6 Å². The Bertz CT molecular complexity index is 1460. The molecular weight excluding hydrogens is 456 g/mol. The molecule has 0 aliphatic heterocycles. The van der Waals surface area contributed by atoms with E-state index in [2.05, 4.69) is 22.3 Å². The Hall–Kier alpha value is -4.83. The Morgan fingerprint density at radius 2 is 1.61 bits per heavy atom. The molecule has 1 amide bonds. The summed E-state index contributed by atoms with van der Waals surface area (Å²) in [5.41, 5.74) is 4.57. The van der Waals surface area contributed by atoms with Crippen molar-refractivity contribution in [3.63, 3.8) is 0 Å². The van der Waals surface area contributed by atoms with Gasteiger partial charge in [0.05, 0.1) is 23.9 Å². The van der Waals surface area contributed by atoms with E-state index >= 15 is 0 Å². The molecule has 0 radical (unpaired) electrons. The minimum absolute atomic E-state index is 0.270. The van der Waals surface area contributed by atoms with Gasteiger partial charge in [-0.25, -0.2) is 4.79 Å². The van der Waals surface area contributed by atoms with Gasteiger partial charge in [0.25, 0.3) is 5.91 Å². The summed E-state index contributed by atoms with van der Waals surface area (Å²) in [5, 5.41) is 6.82. The number of esters is 1. The molecule has 1 N–H and O–H groups in total. The standard InChI is InChI=1S/C29H24N2O5/c1-19-27(20(2)36-31-19)18-35-26-12-6-9-23(17-26)28(32)30-25-11-5-8-22(16-25)14-13-21-7-4-10-24(15-21)29(33)34-3/h4-12,15-17H,18H2,1-3H3,(H,30,32). The van der Waals surface area contributed by atoms with Crippen LogP contribution in [0.3, 0.4) is 0 Å². The van der Waals surface area contributed by atoms with Crippen LogP contribution in [-0.2, 0) is 11.3 Å². The molecule has 4 aromatic rings. The Morgan fingerprint density at radius 1 is 0.917 bits per heavy atom. The molecule has 1 aromatic heterocycles. The molecule has 7 heteroatoms. The molecule has 36 heavy (non-hydrogen) atoms. The molecule has 0 aliphatic rings. The van der Waals surface area contributed by atoms with Crippen LogP contribution in [0.25, 0.3) is 0 Å². The lowest BCUT2D eigenvalue weighted by Gasteiger charge is -2.09. The SMILES string of the molecule is COC(=O)c1cccc(C#Cc2cccc(NC(=O)c3cccc(OCc4c(C)noc4C)c3)c2)c1. The van der Waals surface area contributed by atoms with Gasteiger partial charge in [0, 0.05) is 22.4 Å². The average molecular weight is 481 g/mol. The van der Waals surface area contributed by atoms with Crippen LogP contribution in [0.2, 0.25) is 0 Å². The number of rotatable bonds is 6. The zero-order valence-electron chi connectivity index (χ0n) is 20.1. The molecule has 7 nitrogen and oxygen atoms in total. The van der Waals surface area contributed by atoms with Crippen molar-refractivity contribution in [1.29, 1.82) is 0 Å². The monoisotopic (exact) mass is 480 g/mol. The molecule has 0 atom stereocenters. The number of methoxy groups -OCH3 is 1. The number of nitrogens with zero attached hydrogens (tertiary/aromatic N) is 1. The number of amides is 1. The van der Waals surface area contributed by atoms with Crippen LogP contribution in [0.1, 0.15) is 48.9 Å². The maximum atomic E-state index is 12.9. The molecule has 0 saturated carbocycles. The molecule has 3 aromatic carbocycles. The van der Waals surface area contributed by atoms with Crippen molar-refractivity contribution in [3.8, 4) is 17.6 Å². The highest BCUT2D eigenvalue weighted by Gasteiger charge is 2.11. The lowest BCUT2D eigenvalue weighted by Crippen LogP contribution is -2.12. The largest absolute Gasteiger partial charge is 0.489 e. The van der Waals surface area contributed by atoms with Gasteiger partial charge < -0.3 is 19.3 Å². The summed E-state index contributed by atoms with van der Waals surface area (Å²) in [6.07, 6.45) is 0. The van der Waals surface area contributed by atoms with Crippen molar-refractivity contribution in [2.24, 2.45) is 0 Å². The molecule has 1 heterocycles. The smallest absolute Gasteiger partial charge is 0.337 e. The second-order valence-electron chi connectivity index (χ2n) is 7.98. The van der Waals surface area contributed by atoms with E-state index in [1.54, 1.807) is 54.6 Å². The summed E-state index contributed by atoms with van der Waals surface area (Å²) in [4.78, 5) is 24.6. The van der Waals surface area contributed by atoms with Crippen LogP contribution in [0.15, 0.2) is 77.3 Å². The van der Waals surface area contributed by atoms with E-state index in [-0.39, 0.29) is 5.91 Å². The first kappa shape index (κ1) is 24.3. The van der Waals surface area contributed by atoms with Crippen molar-refractivity contribution in [1.82, 2.24) is 5.16 Å². The van der Waals surface area contributed by atoms with Crippen LogP contribution in [0.4, 0.5) is 5.69 Å². The first-order valence-electron chi connectivity index (χ1n) is 11.2. The van der Waals surface area contributed by atoms with Gasteiger partial charge in [-0.15, -0.1) is 0 Å². The van der Waals surface area contributed by atoms with Crippen molar-refractivity contribution >= 4 is 17.6 Å². The third-order valence-corrected chi connectivity index (χ3v) is 5.42. The summed E-state index contributed by atoms with van der Waals surface area (Å²) >= 11 is 0. The number of nitrogens with one attached hydrogen (secondary N) is 1. The van der Waals surface area contributed by atoms with Crippen LogP contribution >= 0.6 is 0 Å². The first-order chi connectivity index (χ1) is 17.4. The molecule has 0 aliphatic carbocycles. The van der Waals surface area contributed by atoms with Crippen molar-refractivity contribution in [3.05, 3.63) is 112 Å². The first-order valence-corrected chi connectivity index (χ1v) is 11.2. The number of ether oxygens (including phenoxy) is 2. The summed E-state index contributed by atoms with van der Waals surface area (Å²) in [5.74, 6) is 6.69. The van der Waals surface area contributed by atoms with Gasteiger partial charge in [0.15, 0.2) is 0 Å².